The van der Waals surface area contributed by atoms with E-state index in [9.17, 15) is 9.59 Å². The van der Waals surface area contributed by atoms with Gasteiger partial charge < -0.3 is 10.1 Å². The first-order chi connectivity index (χ1) is 10.5. The average Bonchev–Trinajstić information content (AvgIpc) is 2.49. The van der Waals surface area contributed by atoms with Gasteiger partial charge in [-0.2, -0.15) is 0 Å². The molecule has 0 aliphatic rings. The second-order valence-corrected chi connectivity index (χ2v) is 5.05. The summed E-state index contributed by atoms with van der Waals surface area (Å²) in [4.78, 5) is 27.8. The van der Waals surface area contributed by atoms with Gasteiger partial charge in [0.1, 0.15) is 5.15 Å². The maximum atomic E-state index is 12.1. The normalized spacial score (nSPS) is 11.6. The van der Waals surface area contributed by atoms with Crippen LogP contribution in [-0.4, -0.2) is 23.0 Å². The molecule has 0 unspecified atom stereocenters. The van der Waals surface area contributed by atoms with Crippen molar-refractivity contribution in [1.82, 2.24) is 4.98 Å². The molecule has 0 saturated heterocycles. The minimum Gasteiger partial charge on any atom is -0.449 e. The smallest absolute Gasteiger partial charge is 0.342 e. The Morgan fingerprint density at radius 2 is 1.95 bits per heavy atom. The van der Waals surface area contributed by atoms with Gasteiger partial charge in [0.2, 0.25) is 0 Å². The number of ether oxygens (including phenoxy) is 1. The number of benzene rings is 1. The first kappa shape index (κ1) is 16.0. The van der Waals surface area contributed by atoms with Gasteiger partial charge in [0.05, 0.1) is 5.56 Å². The summed E-state index contributed by atoms with van der Waals surface area (Å²) >= 11 is 5.82. The maximum Gasteiger partial charge on any atom is 0.342 e. The quantitative estimate of drug-likeness (QED) is 0.694. The molecule has 0 aliphatic heterocycles. The Hall–Kier alpha value is -2.40. The molecule has 2 rings (SSSR count). The number of halogens is 1. The van der Waals surface area contributed by atoms with Crippen LogP contribution in [0.5, 0.6) is 0 Å². The van der Waals surface area contributed by atoms with Gasteiger partial charge in [0.15, 0.2) is 6.10 Å². The number of para-hydroxylation sites is 1. The fourth-order valence-corrected chi connectivity index (χ4v) is 1.96. The highest BCUT2D eigenvalue weighted by molar-refractivity contribution is 6.32. The van der Waals surface area contributed by atoms with Gasteiger partial charge in [-0.05, 0) is 37.6 Å². The second kappa shape index (κ2) is 7.04. The van der Waals surface area contributed by atoms with Gasteiger partial charge in [-0.25, -0.2) is 9.78 Å². The number of hydrogen-bond acceptors (Lipinski definition) is 4. The summed E-state index contributed by atoms with van der Waals surface area (Å²) < 4.78 is 5.12. The molecule has 0 fully saturated rings. The van der Waals surface area contributed by atoms with Crippen molar-refractivity contribution in [3.63, 3.8) is 0 Å². The first-order valence-electron chi connectivity index (χ1n) is 6.67. The van der Waals surface area contributed by atoms with Crippen molar-refractivity contribution in [2.24, 2.45) is 0 Å². The molecule has 5 nitrogen and oxygen atoms in total. The zero-order valence-electron chi connectivity index (χ0n) is 12.2. The third kappa shape index (κ3) is 3.83. The van der Waals surface area contributed by atoms with Crippen LogP contribution in [-0.2, 0) is 9.53 Å². The minimum absolute atomic E-state index is 0.0408. The number of amides is 1. The Morgan fingerprint density at radius 1 is 1.23 bits per heavy atom. The van der Waals surface area contributed by atoms with Crippen molar-refractivity contribution in [3.05, 3.63) is 58.9 Å². The van der Waals surface area contributed by atoms with Crippen molar-refractivity contribution in [2.45, 2.75) is 20.0 Å². The number of aromatic nitrogens is 1. The molecule has 0 radical (unpaired) electrons. The second-order valence-electron chi connectivity index (χ2n) is 4.69. The molecular weight excluding hydrogens is 304 g/mol. The third-order valence-corrected chi connectivity index (χ3v) is 3.34. The van der Waals surface area contributed by atoms with E-state index in [1.807, 2.05) is 25.1 Å². The predicted octanol–water partition coefficient (Wildman–Crippen LogP) is 3.23. The van der Waals surface area contributed by atoms with Gasteiger partial charge in [-0.3, -0.25) is 4.79 Å². The molecule has 114 valence electrons. The first-order valence-corrected chi connectivity index (χ1v) is 7.05. The van der Waals surface area contributed by atoms with Crippen LogP contribution in [0.25, 0.3) is 0 Å². The predicted molar refractivity (Wildman–Crippen MR) is 83.9 cm³/mol. The van der Waals surface area contributed by atoms with E-state index in [-0.39, 0.29) is 10.7 Å². The molecule has 1 aromatic heterocycles. The highest BCUT2D eigenvalue weighted by atomic mass is 35.5. The molecule has 0 bridgehead atoms. The maximum absolute atomic E-state index is 12.1. The zero-order chi connectivity index (χ0) is 16.1. The van der Waals surface area contributed by atoms with Crippen LogP contribution >= 0.6 is 11.6 Å². The fourth-order valence-electron chi connectivity index (χ4n) is 1.76. The molecule has 1 amide bonds. The number of nitrogens with one attached hydrogen (secondary N) is 1. The number of anilines is 1. The van der Waals surface area contributed by atoms with Crippen molar-refractivity contribution in [1.29, 1.82) is 0 Å². The highest BCUT2D eigenvalue weighted by Crippen LogP contribution is 2.16. The van der Waals surface area contributed by atoms with E-state index in [4.69, 9.17) is 16.3 Å². The Labute approximate surface area is 133 Å². The van der Waals surface area contributed by atoms with Gasteiger partial charge >= 0.3 is 5.97 Å². The molecule has 1 N–H and O–H groups in total. The highest BCUT2D eigenvalue weighted by Gasteiger charge is 2.21. The fraction of sp³-hybridized carbons (Fsp3) is 0.188. The molecule has 22 heavy (non-hydrogen) atoms. The molecule has 1 atom stereocenters. The zero-order valence-corrected chi connectivity index (χ0v) is 12.9. The van der Waals surface area contributed by atoms with Crippen molar-refractivity contribution in [2.75, 3.05) is 5.32 Å². The molecule has 1 heterocycles. The Morgan fingerprint density at radius 3 is 2.64 bits per heavy atom. The van der Waals surface area contributed by atoms with Crippen molar-refractivity contribution >= 4 is 29.2 Å². The summed E-state index contributed by atoms with van der Waals surface area (Å²) in [5.74, 6) is -1.10. The van der Waals surface area contributed by atoms with E-state index in [1.165, 1.54) is 19.2 Å². The lowest BCUT2D eigenvalue weighted by Crippen LogP contribution is -2.30. The Balaban J connectivity index is 2.01. The third-order valence-electron chi connectivity index (χ3n) is 3.03. The van der Waals surface area contributed by atoms with Gasteiger partial charge in [-0.15, -0.1) is 0 Å². The van der Waals surface area contributed by atoms with E-state index < -0.39 is 18.0 Å². The number of pyridine rings is 1. The molecule has 1 aromatic carbocycles. The topological polar surface area (TPSA) is 68.3 Å². The van der Waals surface area contributed by atoms with Gasteiger partial charge in [0, 0.05) is 11.9 Å². The Kier molecular flexibility index (Phi) is 5.12. The largest absolute Gasteiger partial charge is 0.449 e. The molecule has 0 saturated carbocycles. The summed E-state index contributed by atoms with van der Waals surface area (Å²) in [7, 11) is 0. The van der Waals surface area contributed by atoms with E-state index in [1.54, 1.807) is 12.1 Å². The Bertz CT molecular complexity index is 703. The number of carbonyl (C=O) groups excluding carboxylic acids is 2. The average molecular weight is 319 g/mol. The summed E-state index contributed by atoms with van der Waals surface area (Å²) in [6.07, 6.45) is 0.510. The number of aryl methyl sites for hydroxylation is 1. The molecule has 2 aromatic rings. The SMILES string of the molecule is Cc1ccccc1NC(=O)[C@H](C)OC(=O)c1cccnc1Cl. The molecule has 6 heteroatoms. The van der Waals surface area contributed by atoms with Crippen LogP contribution in [0.15, 0.2) is 42.6 Å². The number of esters is 1. The van der Waals surface area contributed by atoms with E-state index in [0.29, 0.717) is 5.69 Å². The summed E-state index contributed by atoms with van der Waals surface area (Å²) in [5, 5.41) is 2.76. The van der Waals surface area contributed by atoms with Gasteiger partial charge in [-0.1, -0.05) is 29.8 Å². The van der Waals surface area contributed by atoms with E-state index in [2.05, 4.69) is 10.3 Å². The van der Waals surface area contributed by atoms with E-state index in [0.717, 1.165) is 5.56 Å². The van der Waals surface area contributed by atoms with E-state index >= 15 is 0 Å². The summed E-state index contributed by atoms with van der Waals surface area (Å²) in [6.45, 7) is 3.37. The molecule has 0 aliphatic carbocycles. The molecular formula is C16H15ClN2O3. The van der Waals surface area contributed by atoms with Gasteiger partial charge in [0.25, 0.3) is 5.91 Å². The number of nitrogens with zero attached hydrogens (tertiary/aromatic N) is 1. The van der Waals surface area contributed by atoms with Crippen LogP contribution in [0.2, 0.25) is 5.15 Å². The summed E-state index contributed by atoms with van der Waals surface area (Å²) in [6, 6.07) is 10.4. The van der Waals surface area contributed by atoms with Crippen molar-refractivity contribution < 1.29 is 14.3 Å². The lowest BCUT2D eigenvalue weighted by Gasteiger charge is -2.14. The van der Waals surface area contributed by atoms with Crippen LogP contribution in [0, 0.1) is 6.92 Å². The lowest BCUT2D eigenvalue weighted by atomic mass is 10.2. The van der Waals surface area contributed by atoms with Crippen LogP contribution in [0.4, 0.5) is 5.69 Å². The monoisotopic (exact) mass is 318 g/mol. The van der Waals surface area contributed by atoms with Crippen LogP contribution < -0.4 is 5.32 Å². The summed E-state index contributed by atoms with van der Waals surface area (Å²) in [5.41, 5.74) is 1.72. The van der Waals surface area contributed by atoms with Crippen LogP contribution in [0.3, 0.4) is 0 Å². The number of carbonyl (C=O) groups is 2. The molecule has 0 spiro atoms. The lowest BCUT2D eigenvalue weighted by molar-refractivity contribution is -0.123. The standard InChI is InChI=1S/C16H15ClN2O3/c1-10-6-3-4-8-13(10)19-15(20)11(2)22-16(21)12-7-5-9-18-14(12)17/h3-9,11H,1-2H3,(H,19,20)/t11-/m0/s1. The minimum atomic E-state index is -0.955. The number of hydrogen-bond donors (Lipinski definition) is 1. The van der Waals surface area contributed by atoms with Crippen molar-refractivity contribution in [3.8, 4) is 0 Å². The number of rotatable bonds is 4. The van der Waals surface area contributed by atoms with Crippen LogP contribution in [0.1, 0.15) is 22.8 Å².